The van der Waals surface area contributed by atoms with Gasteiger partial charge in [0.1, 0.15) is 5.82 Å². The van der Waals surface area contributed by atoms with E-state index in [1.807, 2.05) is 0 Å². The molecule has 0 saturated heterocycles. The highest BCUT2D eigenvalue weighted by atomic mass is 19.1. The predicted molar refractivity (Wildman–Crippen MR) is 67.3 cm³/mol. The maximum Gasteiger partial charge on any atom is 0.305 e. The third kappa shape index (κ3) is 3.74. The fourth-order valence-electron chi connectivity index (χ4n) is 1.82. The first-order valence-electron chi connectivity index (χ1n) is 5.79. The smallest absolute Gasteiger partial charge is 0.305 e. The zero-order valence-corrected chi connectivity index (χ0v) is 11.1. The summed E-state index contributed by atoms with van der Waals surface area (Å²) < 4.78 is 18.4. The van der Waals surface area contributed by atoms with Gasteiger partial charge in [0, 0.05) is 12.5 Å². The zero-order chi connectivity index (χ0) is 14.6. The number of hydrogen-bond acceptors (Lipinski definition) is 4. The van der Waals surface area contributed by atoms with Crippen LogP contribution in [0.15, 0.2) is 18.2 Å². The highest BCUT2D eigenvalue weighted by Gasteiger charge is 2.26. The van der Waals surface area contributed by atoms with Crippen LogP contribution in [0.3, 0.4) is 0 Å². The van der Waals surface area contributed by atoms with Crippen molar-refractivity contribution in [1.29, 1.82) is 0 Å². The minimum atomic E-state index is -0.645. The average molecular weight is 269 g/mol. The largest absolute Gasteiger partial charge is 0.469 e. The fourth-order valence-corrected chi connectivity index (χ4v) is 1.82. The third-order valence-electron chi connectivity index (χ3n) is 3.07. The van der Waals surface area contributed by atoms with E-state index >= 15 is 0 Å². The van der Waals surface area contributed by atoms with E-state index in [1.54, 1.807) is 13.8 Å². The van der Waals surface area contributed by atoms with Crippen molar-refractivity contribution < 1.29 is 18.8 Å². The molecule has 0 aromatic heterocycles. The van der Waals surface area contributed by atoms with Crippen molar-refractivity contribution in [2.24, 2.45) is 0 Å². The summed E-state index contributed by atoms with van der Waals surface area (Å²) in [6.07, 6.45) is 0.564. The molecule has 0 fully saturated rings. The first kappa shape index (κ1) is 15.1. The van der Waals surface area contributed by atoms with Gasteiger partial charge in [-0.15, -0.1) is 0 Å². The summed E-state index contributed by atoms with van der Waals surface area (Å²) in [5.41, 5.74) is -0.542. The molecule has 0 heterocycles. The Morgan fingerprint density at radius 1 is 1.47 bits per heavy atom. The van der Waals surface area contributed by atoms with Crippen LogP contribution in [-0.2, 0) is 14.9 Å². The van der Waals surface area contributed by atoms with E-state index in [2.05, 4.69) is 4.74 Å². The summed E-state index contributed by atoms with van der Waals surface area (Å²) in [7, 11) is 1.29. The number of benzene rings is 1. The molecule has 0 aliphatic rings. The molecule has 6 heteroatoms. The van der Waals surface area contributed by atoms with Gasteiger partial charge in [0.15, 0.2) is 0 Å². The molecule has 0 amide bonds. The van der Waals surface area contributed by atoms with Gasteiger partial charge in [-0.3, -0.25) is 14.9 Å². The van der Waals surface area contributed by atoms with E-state index < -0.39 is 16.2 Å². The standard InChI is InChI=1S/C13H16FNO4/c1-13(2,7-6-12(16)19-3)10-5-4-9(15(17)18)8-11(10)14/h4-5,8H,6-7H2,1-3H3. The van der Waals surface area contributed by atoms with Crippen LogP contribution in [0.1, 0.15) is 32.3 Å². The Bertz CT molecular complexity index is 499. The molecule has 0 aliphatic carbocycles. The fraction of sp³-hybridized carbons (Fsp3) is 0.462. The molecule has 1 aromatic rings. The van der Waals surface area contributed by atoms with Gasteiger partial charge in [-0.1, -0.05) is 13.8 Å². The molecule has 0 saturated carbocycles. The summed E-state index contributed by atoms with van der Waals surface area (Å²) in [6, 6.07) is 3.55. The monoisotopic (exact) mass is 269 g/mol. The molecular formula is C13H16FNO4. The molecular weight excluding hydrogens is 253 g/mol. The van der Waals surface area contributed by atoms with Gasteiger partial charge in [-0.25, -0.2) is 4.39 Å². The van der Waals surface area contributed by atoms with Crippen molar-refractivity contribution in [3.05, 3.63) is 39.7 Å². The van der Waals surface area contributed by atoms with Crippen LogP contribution in [0.5, 0.6) is 0 Å². The maximum atomic E-state index is 13.9. The first-order chi connectivity index (χ1) is 8.77. The van der Waals surface area contributed by atoms with E-state index in [0.29, 0.717) is 12.0 Å². The van der Waals surface area contributed by atoms with Gasteiger partial charge >= 0.3 is 5.97 Å². The van der Waals surface area contributed by atoms with Crippen LogP contribution in [0, 0.1) is 15.9 Å². The average Bonchev–Trinajstić information content (AvgIpc) is 2.35. The van der Waals surface area contributed by atoms with E-state index in [-0.39, 0.29) is 18.1 Å². The second-order valence-electron chi connectivity index (χ2n) is 4.88. The van der Waals surface area contributed by atoms with Crippen LogP contribution >= 0.6 is 0 Å². The van der Waals surface area contributed by atoms with Crippen molar-refractivity contribution in [1.82, 2.24) is 0 Å². The highest BCUT2D eigenvalue weighted by Crippen LogP contribution is 2.32. The summed E-state index contributed by atoms with van der Waals surface area (Å²) in [5.74, 6) is -1.00. The van der Waals surface area contributed by atoms with Gasteiger partial charge in [0.05, 0.1) is 18.1 Å². The summed E-state index contributed by atoms with van der Waals surface area (Å²) in [4.78, 5) is 21.0. The Morgan fingerprint density at radius 2 is 2.11 bits per heavy atom. The van der Waals surface area contributed by atoms with Crippen molar-refractivity contribution in [2.75, 3.05) is 7.11 Å². The lowest BCUT2D eigenvalue weighted by molar-refractivity contribution is -0.385. The molecule has 104 valence electrons. The second-order valence-corrected chi connectivity index (χ2v) is 4.88. The Hall–Kier alpha value is -1.98. The summed E-state index contributed by atoms with van der Waals surface area (Å²) >= 11 is 0. The van der Waals surface area contributed by atoms with E-state index in [4.69, 9.17) is 0 Å². The highest BCUT2D eigenvalue weighted by molar-refractivity contribution is 5.69. The predicted octanol–water partition coefficient (Wildman–Crippen LogP) is 2.96. The van der Waals surface area contributed by atoms with E-state index in [1.165, 1.54) is 19.2 Å². The normalized spacial score (nSPS) is 11.2. The molecule has 5 nitrogen and oxygen atoms in total. The molecule has 0 bridgehead atoms. The number of nitrogens with zero attached hydrogens (tertiary/aromatic N) is 1. The number of halogens is 1. The number of nitro benzene ring substituents is 1. The van der Waals surface area contributed by atoms with Gasteiger partial charge < -0.3 is 4.74 Å². The lowest BCUT2D eigenvalue weighted by atomic mass is 9.80. The summed E-state index contributed by atoms with van der Waals surface area (Å²) in [6.45, 7) is 3.56. The zero-order valence-electron chi connectivity index (χ0n) is 11.1. The van der Waals surface area contributed by atoms with Crippen LogP contribution < -0.4 is 0 Å². The first-order valence-corrected chi connectivity index (χ1v) is 5.79. The molecule has 0 spiro atoms. The molecule has 19 heavy (non-hydrogen) atoms. The van der Waals surface area contributed by atoms with Crippen LogP contribution in [0.4, 0.5) is 10.1 Å². The number of hydrogen-bond donors (Lipinski definition) is 0. The second kappa shape index (κ2) is 5.77. The number of non-ortho nitro benzene ring substituents is 1. The third-order valence-corrected chi connectivity index (χ3v) is 3.07. The van der Waals surface area contributed by atoms with Gasteiger partial charge in [0.2, 0.25) is 0 Å². The van der Waals surface area contributed by atoms with Gasteiger partial charge in [-0.2, -0.15) is 0 Å². The number of nitro groups is 1. The van der Waals surface area contributed by atoms with Crippen molar-refractivity contribution in [3.63, 3.8) is 0 Å². The van der Waals surface area contributed by atoms with Crippen LogP contribution in [0.2, 0.25) is 0 Å². The van der Waals surface area contributed by atoms with Gasteiger partial charge in [0.25, 0.3) is 5.69 Å². The maximum absolute atomic E-state index is 13.9. The van der Waals surface area contributed by atoms with Crippen molar-refractivity contribution in [3.8, 4) is 0 Å². The topological polar surface area (TPSA) is 69.4 Å². The molecule has 0 unspecified atom stereocenters. The quantitative estimate of drug-likeness (QED) is 0.468. The lowest BCUT2D eigenvalue weighted by Crippen LogP contribution is -2.21. The van der Waals surface area contributed by atoms with E-state index in [9.17, 15) is 19.3 Å². The molecule has 0 N–H and O–H groups in total. The Labute approximate surface area is 110 Å². The number of carbonyl (C=O) groups excluding carboxylic acids is 1. The number of ether oxygens (including phenoxy) is 1. The molecule has 0 atom stereocenters. The van der Waals surface area contributed by atoms with Crippen LogP contribution in [-0.4, -0.2) is 18.0 Å². The minimum Gasteiger partial charge on any atom is -0.469 e. The Balaban J connectivity index is 2.94. The minimum absolute atomic E-state index is 0.167. The lowest BCUT2D eigenvalue weighted by Gasteiger charge is -2.25. The number of carbonyl (C=O) groups is 1. The summed E-state index contributed by atoms with van der Waals surface area (Å²) in [5, 5.41) is 10.5. The Morgan fingerprint density at radius 3 is 2.58 bits per heavy atom. The number of rotatable bonds is 5. The SMILES string of the molecule is COC(=O)CCC(C)(C)c1ccc([N+](=O)[O-])cc1F. The number of esters is 1. The molecule has 1 aromatic carbocycles. The van der Waals surface area contributed by atoms with Crippen molar-refractivity contribution in [2.45, 2.75) is 32.1 Å². The van der Waals surface area contributed by atoms with Crippen molar-refractivity contribution >= 4 is 11.7 Å². The van der Waals surface area contributed by atoms with Gasteiger partial charge in [-0.05, 0) is 23.5 Å². The molecule has 1 rings (SSSR count). The molecule has 0 radical (unpaired) electrons. The van der Waals surface area contributed by atoms with E-state index in [0.717, 1.165) is 6.07 Å². The Kier molecular flexibility index (Phi) is 4.58. The number of methoxy groups -OCH3 is 1. The van der Waals surface area contributed by atoms with Crippen LogP contribution in [0.25, 0.3) is 0 Å². The molecule has 0 aliphatic heterocycles.